The van der Waals surface area contributed by atoms with Gasteiger partial charge in [-0.05, 0) is 49.4 Å². The zero-order valence-corrected chi connectivity index (χ0v) is 8.01. The van der Waals surface area contributed by atoms with E-state index in [-0.39, 0.29) is 0 Å². The van der Waals surface area contributed by atoms with Gasteiger partial charge in [-0.15, -0.1) is 0 Å². The van der Waals surface area contributed by atoms with Gasteiger partial charge in [0.15, 0.2) is 0 Å². The van der Waals surface area contributed by atoms with Crippen molar-refractivity contribution < 1.29 is 0 Å². The summed E-state index contributed by atoms with van der Waals surface area (Å²) < 4.78 is 0. The fraction of sp³-hybridized carbons (Fsp3) is 0.455. The lowest BCUT2D eigenvalue weighted by Gasteiger charge is -2.07. The van der Waals surface area contributed by atoms with Crippen molar-refractivity contribution in [3.05, 3.63) is 23.8 Å². The van der Waals surface area contributed by atoms with Crippen molar-refractivity contribution in [2.45, 2.75) is 19.8 Å². The van der Waals surface area contributed by atoms with E-state index in [1.165, 1.54) is 18.4 Å². The molecule has 0 spiro atoms. The third-order valence-electron chi connectivity index (χ3n) is 2.39. The first kappa shape index (κ1) is 8.42. The first-order valence-electron chi connectivity index (χ1n) is 4.85. The summed E-state index contributed by atoms with van der Waals surface area (Å²) in [7, 11) is 0. The van der Waals surface area contributed by atoms with Gasteiger partial charge in [0.1, 0.15) is 0 Å². The first-order chi connectivity index (χ1) is 6.24. The van der Waals surface area contributed by atoms with E-state index in [0.717, 1.165) is 23.8 Å². The minimum absolute atomic E-state index is 0.846. The molecule has 0 heterocycles. The highest BCUT2D eigenvalue weighted by molar-refractivity contribution is 5.56. The summed E-state index contributed by atoms with van der Waals surface area (Å²) in [5, 5.41) is 3.41. The Morgan fingerprint density at radius 1 is 1.38 bits per heavy atom. The second-order valence-corrected chi connectivity index (χ2v) is 3.96. The molecule has 0 aromatic heterocycles. The molecular weight excluding hydrogens is 160 g/mol. The summed E-state index contributed by atoms with van der Waals surface area (Å²) in [4.78, 5) is 0. The molecule has 2 heteroatoms. The van der Waals surface area contributed by atoms with Crippen molar-refractivity contribution in [3.63, 3.8) is 0 Å². The molecule has 0 unspecified atom stereocenters. The van der Waals surface area contributed by atoms with E-state index in [4.69, 9.17) is 5.73 Å². The van der Waals surface area contributed by atoms with Crippen molar-refractivity contribution in [1.82, 2.24) is 0 Å². The van der Waals surface area contributed by atoms with Crippen LogP contribution in [0.4, 0.5) is 11.4 Å². The van der Waals surface area contributed by atoms with Gasteiger partial charge in [-0.2, -0.15) is 0 Å². The number of nitrogen functional groups attached to an aromatic ring is 1. The van der Waals surface area contributed by atoms with Crippen LogP contribution in [-0.4, -0.2) is 6.54 Å². The number of rotatable bonds is 3. The zero-order valence-electron chi connectivity index (χ0n) is 8.01. The molecule has 1 fully saturated rings. The van der Waals surface area contributed by atoms with Crippen LogP contribution >= 0.6 is 0 Å². The summed E-state index contributed by atoms with van der Waals surface area (Å²) in [5.41, 5.74) is 8.96. The van der Waals surface area contributed by atoms with Gasteiger partial charge in [0.2, 0.25) is 0 Å². The second kappa shape index (κ2) is 3.29. The molecule has 0 bridgehead atoms. The number of nitrogens with one attached hydrogen (secondary N) is 1. The Balaban J connectivity index is 2.01. The maximum Gasteiger partial charge on any atom is 0.0363 e. The van der Waals surface area contributed by atoms with Crippen LogP contribution < -0.4 is 11.1 Å². The molecule has 1 aliphatic rings. The van der Waals surface area contributed by atoms with Gasteiger partial charge in [-0.3, -0.25) is 0 Å². The Morgan fingerprint density at radius 3 is 2.77 bits per heavy atom. The average Bonchev–Trinajstić information content (AvgIpc) is 2.81. The van der Waals surface area contributed by atoms with Crippen molar-refractivity contribution in [1.29, 1.82) is 0 Å². The normalized spacial score (nSPS) is 15.8. The third-order valence-corrected chi connectivity index (χ3v) is 2.39. The summed E-state index contributed by atoms with van der Waals surface area (Å²) >= 11 is 0. The minimum atomic E-state index is 0.846. The van der Waals surface area contributed by atoms with Crippen molar-refractivity contribution in [2.75, 3.05) is 17.6 Å². The minimum Gasteiger partial charge on any atom is -0.399 e. The zero-order chi connectivity index (χ0) is 9.26. The van der Waals surface area contributed by atoms with Crippen LogP contribution in [0.2, 0.25) is 0 Å². The standard InChI is InChI=1S/C11H16N2/c1-8-4-10(12)6-11(5-8)13-7-9-2-3-9/h4-6,9,13H,2-3,7,12H2,1H3. The molecule has 0 atom stereocenters. The molecular formula is C11H16N2. The maximum atomic E-state index is 5.74. The highest BCUT2D eigenvalue weighted by atomic mass is 14.9. The van der Waals surface area contributed by atoms with Crippen LogP contribution in [0.25, 0.3) is 0 Å². The van der Waals surface area contributed by atoms with E-state index >= 15 is 0 Å². The van der Waals surface area contributed by atoms with Crippen molar-refractivity contribution >= 4 is 11.4 Å². The lowest BCUT2D eigenvalue weighted by Crippen LogP contribution is -2.03. The SMILES string of the molecule is Cc1cc(N)cc(NCC2CC2)c1. The molecule has 13 heavy (non-hydrogen) atoms. The van der Waals surface area contributed by atoms with Gasteiger partial charge < -0.3 is 11.1 Å². The van der Waals surface area contributed by atoms with Crippen LogP contribution in [0.15, 0.2) is 18.2 Å². The van der Waals surface area contributed by atoms with Crippen LogP contribution in [-0.2, 0) is 0 Å². The van der Waals surface area contributed by atoms with Gasteiger partial charge in [0.05, 0.1) is 0 Å². The number of hydrogen-bond donors (Lipinski definition) is 2. The molecule has 0 radical (unpaired) electrons. The van der Waals surface area contributed by atoms with Gasteiger partial charge >= 0.3 is 0 Å². The number of aryl methyl sites for hydroxylation is 1. The van der Waals surface area contributed by atoms with E-state index < -0.39 is 0 Å². The molecule has 1 aromatic rings. The molecule has 3 N–H and O–H groups in total. The van der Waals surface area contributed by atoms with Crippen LogP contribution in [0.1, 0.15) is 18.4 Å². The number of anilines is 2. The van der Waals surface area contributed by atoms with E-state index in [1.54, 1.807) is 0 Å². The van der Waals surface area contributed by atoms with Crippen molar-refractivity contribution in [3.8, 4) is 0 Å². The van der Waals surface area contributed by atoms with Crippen LogP contribution in [0.5, 0.6) is 0 Å². The number of hydrogen-bond acceptors (Lipinski definition) is 2. The molecule has 0 aliphatic heterocycles. The fourth-order valence-electron chi connectivity index (χ4n) is 1.50. The highest BCUT2D eigenvalue weighted by Gasteiger charge is 2.20. The number of benzene rings is 1. The molecule has 0 amide bonds. The smallest absolute Gasteiger partial charge is 0.0363 e. The van der Waals surface area contributed by atoms with Gasteiger partial charge in [0, 0.05) is 17.9 Å². The van der Waals surface area contributed by atoms with Crippen molar-refractivity contribution in [2.24, 2.45) is 5.92 Å². The van der Waals surface area contributed by atoms with E-state index in [2.05, 4.69) is 18.3 Å². The van der Waals surface area contributed by atoms with Gasteiger partial charge in [0.25, 0.3) is 0 Å². The second-order valence-electron chi connectivity index (χ2n) is 3.96. The van der Waals surface area contributed by atoms with Gasteiger partial charge in [-0.1, -0.05) is 0 Å². The summed E-state index contributed by atoms with van der Waals surface area (Å²) in [5.74, 6) is 0.904. The molecule has 2 nitrogen and oxygen atoms in total. The van der Waals surface area contributed by atoms with Crippen LogP contribution in [0.3, 0.4) is 0 Å². The predicted molar refractivity (Wildman–Crippen MR) is 56.8 cm³/mol. The Hall–Kier alpha value is -1.18. The monoisotopic (exact) mass is 176 g/mol. The molecule has 70 valence electrons. The third kappa shape index (κ3) is 2.38. The van der Waals surface area contributed by atoms with E-state index in [1.807, 2.05) is 12.1 Å². The Labute approximate surface area is 79.1 Å². The molecule has 1 saturated carbocycles. The average molecular weight is 176 g/mol. The van der Waals surface area contributed by atoms with Crippen LogP contribution in [0, 0.1) is 12.8 Å². The highest BCUT2D eigenvalue weighted by Crippen LogP contribution is 2.29. The summed E-state index contributed by atoms with van der Waals surface area (Å²) in [6.45, 7) is 3.17. The quantitative estimate of drug-likeness (QED) is 0.694. The van der Waals surface area contributed by atoms with E-state index in [0.29, 0.717) is 0 Å². The Bertz CT molecular complexity index is 283. The fourth-order valence-corrected chi connectivity index (χ4v) is 1.50. The lowest BCUT2D eigenvalue weighted by atomic mass is 10.2. The molecule has 2 rings (SSSR count). The van der Waals surface area contributed by atoms with E-state index in [9.17, 15) is 0 Å². The molecule has 0 saturated heterocycles. The summed E-state index contributed by atoms with van der Waals surface area (Å²) in [6.07, 6.45) is 2.77. The Morgan fingerprint density at radius 2 is 2.15 bits per heavy atom. The van der Waals surface area contributed by atoms with Gasteiger partial charge in [-0.25, -0.2) is 0 Å². The first-order valence-corrected chi connectivity index (χ1v) is 4.85. The Kier molecular flexibility index (Phi) is 2.13. The topological polar surface area (TPSA) is 38.0 Å². The summed E-state index contributed by atoms with van der Waals surface area (Å²) in [6, 6.07) is 6.12. The predicted octanol–water partition coefficient (Wildman–Crippen LogP) is 2.40. The largest absolute Gasteiger partial charge is 0.399 e. The maximum absolute atomic E-state index is 5.74. The molecule has 1 aliphatic carbocycles. The lowest BCUT2D eigenvalue weighted by molar-refractivity contribution is 0.889. The molecule has 1 aromatic carbocycles. The number of nitrogens with two attached hydrogens (primary N) is 1.